The molecule has 1 fully saturated rings. The number of rotatable bonds is 5. The summed E-state index contributed by atoms with van der Waals surface area (Å²) in [6.45, 7) is 5.97. The highest BCUT2D eigenvalue weighted by molar-refractivity contribution is 7.90. The zero-order chi connectivity index (χ0) is 35.8. The number of ether oxygens (including phenoxy) is 2. The lowest BCUT2D eigenvalue weighted by molar-refractivity contribution is -0.145. The Balaban J connectivity index is 1.41. The third-order valence-electron chi connectivity index (χ3n) is 12.2. The third-order valence-corrected chi connectivity index (χ3v) is 14.3. The number of nitrogens with zero attached hydrogens (tertiary/aromatic N) is 2. The smallest absolute Gasteiger partial charge is 0.264 e. The average molecular weight is 730 g/mol. The predicted molar refractivity (Wildman–Crippen MR) is 194 cm³/mol. The van der Waals surface area contributed by atoms with E-state index in [4.69, 9.17) is 21.1 Å². The second kappa shape index (κ2) is 14.6. The minimum absolute atomic E-state index is 0.00537. The first-order valence-electron chi connectivity index (χ1n) is 18.1. The number of halogens is 1. The molecule has 2 aromatic rings. The summed E-state index contributed by atoms with van der Waals surface area (Å²) in [6.07, 6.45) is 5.97. The fourth-order valence-corrected chi connectivity index (χ4v) is 10.2. The van der Waals surface area contributed by atoms with E-state index in [0.717, 1.165) is 37.8 Å². The molecular weight excluding hydrogens is 678 g/mol. The van der Waals surface area contributed by atoms with Crippen molar-refractivity contribution in [2.45, 2.75) is 87.9 Å². The first-order chi connectivity index (χ1) is 23.7. The molecule has 0 aromatic heterocycles. The van der Waals surface area contributed by atoms with Crippen LogP contribution in [0.1, 0.15) is 86.7 Å². The van der Waals surface area contributed by atoms with Crippen molar-refractivity contribution in [3.05, 3.63) is 58.1 Å². The van der Waals surface area contributed by atoms with Gasteiger partial charge < -0.3 is 24.4 Å². The molecule has 2 N–H and O–H groups in total. The van der Waals surface area contributed by atoms with E-state index >= 15 is 0 Å². The summed E-state index contributed by atoms with van der Waals surface area (Å²) in [7, 11) is -0.668. The van der Waals surface area contributed by atoms with Crippen LogP contribution in [0.5, 0.6) is 5.75 Å². The molecule has 2 bridgehead atoms. The summed E-state index contributed by atoms with van der Waals surface area (Å²) in [5.74, 6) is -0.482. The van der Waals surface area contributed by atoms with Crippen molar-refractivity contribution in [3.8, 4) is 5.75 Å². The number of carbonyl (C=O) groups is 2. The molecule has 50 heavy (non-hydrogen) atoms. The van der Waals surface area contributed by atoms with Crippen LogP contribution in [0.3, 0.4) is 0 Å². The number of methoxy groups -OCH3 is 1. The van der Waals surface area contributed by atoms with Crippen LogP contribution < -0.4 is 14.4 Å². The second-order valence-corrected chi connectivity index (χ2v) is 17.8. The zero-order valence-electron chi connectivity index (χ0n) is 29.8. The van der Waals surface area contributed by atoms with Crippen LogP contribution in [0.15, 0.2) is 36.4 Å². The Morgan fingerprint density at radius 1 is 1.14 bits per heavy atom. The second-order valence-electron chi connectivity index (χ2n) is 15.4. The van der Waals surface area contributed by atoms with Crippen LogP contribution >= 0.6 is 11.6 Å². The summed E-state index contributed by atoms with van der Waals surface area (Å²) >= 11 is 6.44. The molecule has 1 spiro atoms. The Labute approximate surface area is 301 Å². The number of hydrogen-bond acceptors (Lipinski definition) is 8. The van der Waals surface area contributed by atoms with Gasteiger partial charge in [0.15, 0.2) is 0 Å². The maximum atomic E-state index is 13.5. The molecule has 2 heterocycles. The van der Waals surface area contributed by atoms with Gasteiger partial charge in [0, 0.05) is 49.8 Å². The van der Waals surface area contributed by atoms with E-state index < -0.39 is 26.8 Å². The summed E-state index contributed by atoms with van der Waals surface area (Å²) in [6, 6.07) is 11.3. The number of hydrogen-bond donors (Lipinski definition) is 2. The maximum absolute atomic E-state index is 13.5. The first kappa shape index (κ1) is 36.9. The van der Waals surface area contributed by atoms with Gasteiger partial charge in [-0.15, -0.1) is 0 Å². The predicted octanol–water partition coefficient (Wildman–Crippen LogP) is 5.33. The zero-order valence-corrected chi connectivity index (χ0v) is 31.3. The number of sulfonamides is 1. The summed E-state index contributed by atoms with van der Waals surface area (Å²) in [5, 5.41) is 12.4. The molecule has 0 radical (unpaired) electrons. The SMILES string of the molecule is COCCN(C)C(=O)C[C@]1(O)CCC[C@H](C)[C@@H](C)S(=O)(=O)NC(=O)c2ccc3c(c2)N(C[C@@H]2CC[C@H]21)C[C@@]1(CCCc2cc(Cl)ccc21)CO3. The Hall–Kier alpha value is -2.86. The van der Waals surface area contributed by atoms with Crippen LogP contribution in [0, 0.1) is 17.8 Å². The number of anilines is 1. The molecule has 2 amide bonds. The fourth-order valence-electron chi connectivity index (χ4n) is 8.74. The maximum Gasteiger partial charge on any atom is 0.264 e. The van der Waals surface area contributed by atoms with Crippen molar-refractivity contribution in [2.24, 2.45) is 17.8 Å². The van der Waals surface area contributed by atoms with Gasteiger partial charge in [-0.25, -0.2) is 13.1 Å². The number of nitrogens with one attached hydrogen (secondary N) is 1. The van der Waals surface area contributed by atoms with E-state index in [1.807, 2.05) is 13.0 Å². The number of benzene rings is 2. The molecule has 274 valence electrons. The van der Waals surface area contributed by atoms with E-state index in [0.29, 0.717) is 62.9 Å². The summed E-state index contributed by atoms with van der Waals surface area (Å²) < 4.78 is 41.1. The number of aliphatic hydroxyl groups is 1. The van der Waals surface area contributed by atoms with Crippen LogP contribution in [0.4, 0.5) is 5.69 Å². The summed E-state index contributed by atoms with van der Waals surface area (Å²) in [5.41, 5.74) is 1.80. The lowest BCUT2D eigenvalue weighted by Crippen LogP contribution is -2.54. The lowest BCUT2D eigenvalue weighted by Gasteiger charge is -2.50. The molecule has 2 aliphatic heterocycles. The van der Waals surface area contributed by atoms with Crippen LogP contribution in [-0.2, 0) is 31.4 Å². The van der Waals surface area contributed by atoms with E-state index in [-0.39, 0.29) is 41.1 Å². The van der Waals surface area contributed by atoms with E-state index in [1.165, 1.54) is 11.1 Å². The van der Waals surface area contributed by atoms with Crippen molar-refractivity contribution in [1.82, 2.24) is 9.62 Å². The molecule has 1 saturated carbocycles. The Bertz CT molecular complexity index is 1700. The van der Waals surface area contributed by atoms with Gasteiger partial charge in [0.2, 0.25) is 15.9 Å². The van der Waals surface area contributed by atoms with Crippen molar-refractivity contribution in [2.75, 3.05) is 51.9 Å². The molecule has 12 heteroatoms. The first-order valence-corrected chi connectivity index (χ1v) is 20.0. The molecule has 4 aliphatic rings. The molecular formula is C38H52ClN3O7S. The largest absolute Gasteiger partial charge is 0.490 e. The van der Waals surface area contributed by atoms with E-state index in [1.54, 1.807) is 44.2 Å². The minimum atomic E-state index is -4.00. The highest BCUT2D eigenvalue weighted by atomic mass is 35.5. The van der Waals surface area contributed by atoms with Gasteiger partial charge >= 0.3 is 0 Å². The van der Waals surface area contributed by atoms with E-state index in [2.05, 4.69) is 21.8 Å². The van der Waals surface area contributed by atoms with Gasteiger partial charge in [0.1, 0.15) is 5.75 Å². The quantitative estimate of drug-likeness (QED) is 0.423. The molecule has 2 aromatic carbocycles. The van der Waals surface area contributed by atoms with Crippen molar-refractivity contribution in [1.29, 1.82) is 0 Å². The fraction of sp³-hybridized carbons (Fsp3) is 0.632. The number of aryl methyl sites for hydroxylation is 1. The van der Waals surface area contributed by atoms with Crippen LogP contribution in [0.2, 0.25) is 5.02 Å². The standard InChI is InChI=1S/C38H52ClN3O7S/c1-25-7-5-16-38(45,21-35(43)41(3)17-18-48-4)32-12-9-29(32)22-42-23-37(15-6-8-27-19-30(39)11-13-31(27)37)24-49-34-14-10-28(20-33(34)42)36(44)40-50(46,47)26(25)2/h10-11,13-14,19-20,25-26,29,32,45H,5-9,12,15-18,21-24H2,1-4H3,(H,40,44)/t25-,26+,29-,32+,37-,38+/m0/s1. The molecule has 0 saturated heterocycles. The van der Waals surface area contributed by atoms with Crippen molar-refractivity contribution < 1.29 is 32.6 Å². The number of amides is 2. The van der Waals surface area contributed by atoms with Gasteiger partial charge in [0.05, 0.1) is 36.2 Å². The van der Waals surface area contributed by atoms with Gasteiger partial charge in [-0.1, -0.05) is 31.0 Å². The Morgan fingerprint density at radius 3 is 2.68 bits per heavy atom. The van der Waals surface area contributed by atoms with Crippen molar-refractivity contribution >= 4 is 39.1 Å². The molecule has 6 atom stereocenters. The molecule has 2 aliphatic carbocycles. The average Bonchev–Trinajstić information content (AvgIpc) is 3.21. The van der Waals surface area contributed by atoms with E-state index in [9.17, 15) is 23.1 Å². The van der Waals surface area contributed by atoms with Gasteiger partial charge in [-0.3, -0.25) is 9.59 Å². The third kappa shape index (κ3) is 7.38. The topological polar surface area (TPSA) is 125 Å². The highest BCUT2D eigenvalue weighted by Crippen LogP contribution is 2.50. The Morgan fingerprint density at radius 2 is 1.94 bits per heavy atom. The molecule has 0 unspecified atom stereocenters. The van der Waals surface area contributed by atoms with Gasteiger partial charge in [-0.2, -0.15) is 0 Å². The normalized spacial score (nSPS) is 30.9. The molecule has 6 rings (SSSR count). The number of fused-ring (bicyclic) bond motifs is 4. The van der Waals surface area contributed by atoms with Crippen LogP contribution in [-0.4, -0.2) is 88.1 Å². The number of likely N-dealkylation sites (N-methyl/N-ethyl adjacent to an activating group) is 1. The Kier molecular flexibility index (Phi) is 10.8. The summed E-state index contributed by atoms with van der Waals surface area (Å²) in [4.78, 5) is 31.0. The molecule has 10 nitrogen and oxygen atoms in total. The number of carbonyl (C=O) groups excluding carboxylic acids is 2. The van der Waals surface area contributed by atoms with Crippen LogP contribution in [0.25, 0.3) is 0 Å². The minimum Gasteiger partial charge on any atom is -0.490 e. The van der Waals surface area contributed by atoms with Gasteiger partial charge in [0.25, 0.3) is 5.91 Å². The van der Waals surface area contributed by atoms with Crippen molar-refractivity contribution in [3.63, 3.8) is 0 Å². The lowest BCUT2D eigenvalue weighted by atomic mass is 9.61. The highest BCUT2D eigenvalue weighted by Gasteiger charge is 2.50. The van der Waals surface area contributed by atoms with Gasteiger partial charge in [-0.05, 0) is 111 Å². The monoisotopic (exact) mass is 729 g/mol.